The fourth-order valence-electron chi connectivity index (χ4n) is 1.72. The monoisotopic (exact) mass is 268 g/mol. The minimum atomic E-state index is -0.551. The Labute approximate surface area is 118 Å². The van der Waals surface area contributed by atoms with Crippen LogP contribution in [0, 0.1) is 0 Å². The molecule has 0 aromatic heterocycles. The maximum atomic E-state index is 11.0. The molecule has 2 aromatic rings. The van der Waals surface area contributed by atoms with Gasteiger partial charge in [-0.25, -0.2) is 10.2 Å². The van der Waals surface area contributed by atoms with Crippen molar-refractivity contribution in [2.45, 2.75) is 6.92 Å². The molecular formula is C16H16N2O2. The molecule has 2 rings (SSSR count). The van der Waals surface area contributed by atoms with Crippen molar-refractivity contribution >= 4 is 12.3 Å². The summed E-state index contributed by atoms with van der Waals surface area (Å²) in [7, 11) is 0. The lowest BCUT2D eigenvalue weighted by atomic mass is 10.0. The number of ether oxygens (including phenoxy) is 1. The molecule has 0 aliphatic heterocycles. The molecule has 20 heavy (non-hydrogen) atoms. The van der Waals surface area contributed by atoms with Crippen LogP contribution >= 0.6 is 0 Å². The van der Waals surface area contributed by atoms with Crippen molar-refractivity contribution in [3.8, 4) is 11.1 Å². The van der Waals surface area contributed by atoms with E-state index >= 15 is 0 Å². The van der Waals surface area contributed by atoms with Crippen LogP contribution in [0.15, 0.2) is 59.7 Å². The number of nitrogens with zero attached hydrogens (tertiary/aromatic N) is 1. The summed E-state index contributed by atoms with van der Waals surface area (Å²) < 4.78 is 4.69. The summed E-state index contributed by atoms with van der Waals surface area (Å²) in [6.07, 6.45) is 1.02. The van der Waals surface area contributed by atoms with Gasteiger partial charge in [0, 0.05) is 0 Å². The van der Waals surface area contributed by atoms with Gasteiger partial charge in [0.05, 0.1) is 12.8 Å². The molecule has 0 heterocycles. The van der Waals surface area contributed by atoms with Gasteiger partial charge >= 0.3 is 6.09 Å². The first kappa shape index (κ1) is 13.8. The molecule has 0 aliphatic rings. The van der Waals surface area contributed by atoms with Gasteiger partial charge in [-0.2, -0.15) is 5.10 Å². The first-order valence-electron chi connectivity index (χ1n) is 6.41. The van der Waals surface area contributed by atoms with Crippen molar-refractivity contribution in [2.75, 3.05) is 6.61 Å². The molecule has 2 aromatic carbocycles. The molecule has 0 atom stereocenters. The smallest absolute Gasteiger partial charge is 0.427 e. The molecule has 1 amide bonds. The molecule has 0 spiro atoms. The number of carbonyl (C=O) groups excluding carboxylic acids is 1. The molecule has 0 radical (unpaired) electrons. The quantitative estimate of drug-likeness (QED) is 0.682. The summed E-state index contributed by atoms with van der Waals surface area (Å²) in [5.74, 6) is 0. The lowest BCUT2D eigenvalue weighted by molar-refractivity contribution is 0.152. The van der Waals surface area contributed by atoms with Gasteiger partial charge in [-0.3, -0.25) is 0 Å². The van der Waals surface area contributed by atoms with Crippen molar-refractivity contribution in [3.05, 3.63) is 60.2 Å². The third-order valence-electron chi connectivity index (χ3n) is 2.66. The Morgan fingerprint density at radius 1 is 1.10 bits per heavy atom. The maximum absolute atomic E-state index is 11.0. The highest BCUT2D eigenvalue weighted by Crippen LogP contribution is 2.18. The van der Waals surface area contributed by atoms with E-state index in [4.69, 9.17) is 4.74 Å². The van der Waals surface area contributed by atoms with E-state index < -0.39 is 6.09 Å². The van der Waals surface area contributed by atoms with Gasteiger partial charge < -0.3 is 4.74 Å². The van der Waals surface area contributed by atoms with Crippen LogP contribution in [-0.4, -0.2) is 18.9 Å². The largest absolute Gasteiger partial charge is 0.449 e. The molecule has 0 fully saturated rings. The zero-order chi connectivity index (χ0) is 14.2. The average Bonchev–Trinajstić information content (AvgIpc) is 2.49. The van der Waals surface area contributed by atoms with E-state index in [1.165, 1.54) is 5.56 Å². The normalized spacial score (nSPS) is 10.4. The van der Waals surface area contributed by atoms with E-state index in [9.17, 15) is 4.79 Å². The molecular weight excluding hydrogens is 252 g/mol. The van der Waals surface area contributed by atoms with Crippen molar-refractivity contribution in [2.24, 2.45) is 5.10 Å². The third kappa shape index (κ3) is 3.95. The number of benzene rings is 2. The predicted molar refractivity (Wildman–Crippen MR) is 79.6 cm³/mol. The van der Waals surface area contributed by atoms with E-state index in [1.54, 1.807) is 13.1 Å². The molecule has 4 nitrogen and oxygen atoms in total. The van der Waals surface area contributed by atoms with Crippen LogP contribution in [-0.2, 0) is 4.74 Å². The number of hydrogen-bond donors (Lipinski definition) is 1. The molecule has 0 saturated heterocycles. The lowest BCUT2D eigenvalue weighted by Crippen LogP contribution is -2.18. The first-order valence-corrected chi connectivity index (χ1v) is 6.41. The van der Waals surface area contributed by atoms with Gasteiger partial charge in [0.1, 0.15) is 0 Å². The fraction of sp³-hybridized carbons (Fsp3) is 0.125. The highest BCUT2D eigenvalue weighted by molar-refractivity contribution is 5.82. The summed E-state index contributed by atoms with van der Waals surface area (Å²) in [5, 5.41) is 3.81. The molecule has 102 valence electrons. The van der Waals surface area contributed by atoms with Crippen LogP contribution in [0.4, 0.5) is 4.79 Å². The van der Waals surface area contributed by atoms with Gasteiger partial charge in [0.2, 0.25) is 0 Å². The predicted octanol–water partition coefficient (Wildman–Crippen LogP) is 3.43. The Balaban J connectivity index is 1.98. The Hall–Kier alpha value is -2.62. The average molecular weight is 268 g/mol. The van der Waals surface area contributed by atoms with Crippen molar-refractivity contribution in [1.82, 2.24) is 5.43 Å². The van der Waals surface area contributed by atoms with Crippen molar-refractivity contribution in [3.63, 3.8) is 0 Å². The summed E-state index contributed by atoms with van der Waals surface area (Å²) >= 11 is 0. The molecule has 0 bridgehead atoms. The molecule has 0 aliphatic carbocycles. The molecule has 0 unspecified atom stereocenters. The van der Waals surface area contributed by atoms with Gasteiger partial charge in [-0.1, -0.05) is 54.6 Å². The second kappa shape index (κ2) is 7.09. The van der Waals surface area contributed by atoms with Gasteiger partial charge in [0.25, 0.3) is 0 Å². The van der Waals surface area contributed by atoms with Crippen molar-refractivity contribution in [1.29, 1.82) is 0 Å². The lowest BCUT2D eigenvalue weighted by Gasteiger charge is -2.02. The highest BCUT2D eigenvalue weighted by Gasteiger charge is 1.97. The zero-order valence-corrected chi connectivity index (χ0v) is 11.2. The summed E-state index contributed by atoms with van der Waals surface area (Å²) in [5.41, 5.74) is 5.50. The van der Waals surface area contributed by atoms with E-state index in [-0.39, 0.29) is 0 Å². The van der Waals surface area contributed by atoms with Gasteiger partial charge in [-0.15, -0.1) is 0 Å². The number of hydrogen-bond acceptors (Lipinski definition) is 3. The van der Waals surface area contributed by atoms with Crippen LogP contribution in [0.25, 0.3) is 11.1 Å². The topological polar surface area (TPSA) is 50.7 Å². The van der Waals surface area contributed by atoms with Crippen LogP contribution < -0.4 is 5.43 Å². The molecule has 4 heteroatoms. The Morgan fingerprint density at radius 2 is 1.75 bits per heavy atom. The number of amides is 1. The van der Waals surface area contributed by atoms with Gasteiger partial charge in [-0.05, 0) is 23.6 Å². The summed E-state index contributed by atoms with van der Waals surface area (Å²) in [6, 6.07) is 18.0. The maximum Gasteiger partial charge on any atom is 0.427 e. The number of nitrogens with one attached hydrogen (secondary N) is 1. The second-order valence-corrected chi connectivity index (χ2v) is 4.08. The third-order valence-corrected chi connectivity index (χ3v) is 2.66. The Bertz CT molecular complexity index is 577. The molecule has 0 saturated carbocycles. The van der Waals surface area contributed by atoms with Crippen LogP contribution in [0.1, 0.15) is 12.5 Å². The second-order valence-electron chi connectivity index (χ2n) is 4.08. The van der Waals surface area contributed by atoms with Crippen LogP contribution in [0.2, 0.25) is 0 Å². The van der Waals surface area contributed by atoms with Crippen LogP contribution in [0.5, 0.6) is 0 Å². The Morgan fingerprint density at radius 3 is 2.40 bits per heavy atom. The zero-order valence-electron chi connectivity index (χ0n) is 11.2. The Kier molecular flexibility index (Phi) is 4.89. The standard InChI is InChI=1S/C16H16N2O2/c1-2-20-16(19)18-17-12-13-8-10-15(11-9-13)14-6-4-3-5-7-14/h3-12H,2H2,1H3,(H,18,19). The van der Waals surface area contributed by atoms with E-state index in [0.717, 1.165) is 11.1 Å². The summed E-state index contributed by atoms with van der Waals surface area (Å²) in [4.78, 5) is 11.0. The van der Waals surface area contributed by atoms with E-state index in [2.05, 4.69) is 22.7 Å². The van der Waals surface area contributed by atoms with E-state index in [0.29, 0.717) is 6.61 Å². The van der Waals surface area contributed by atoms with Crippen LogP contribution in [0.3, 0.4) is 0 Å². The first-order chi connectivity index (χ1) is 9.79. The minimum Gasteiger partial charge on any atom is -0.449 e. The molecule has 1 N–H and O–H groups in total. The minimum absolute atomic E-state index is 0.327. The van der Waals surface area contributed by atoms with Crippen molar-refractivity contribution < 1.29 is 9.53 Å². The fourth-order valence-corrected chi connectivity index (χ4v) is 1.72. The van der Waals surface area contributed by atoms with E-state index in [1.807, 2.05) is 42.5 Å². The SMILES string of the molecule is CCOC(=O)NN=Cc1ccc(-c2ccccc2)cc1. The highest BCUT2D eigenvalue weighted by atomic mass is 16.5. The summed E-state index contributed by atoms with van der Waals surface area (Å²) in [6.45, 7) is 2.07. The number of hydrazone groups is 1. The van der Waals surface area contributed by atoms with Gasteiger partial charge in [0.15, 0.2) is 0 Å². The number of carbonyl (C=O) groups is 1. The number of rotatable bonds is 4.